The van der Waals surface area contributed by atoms with Crippen LogP contribution in [0.1, 0.15) is 11.3 Å². The van der Waals surface area contributed by atoms with Crippen molar-refractivity contribution >= 4 is 37.3 Å². The van der Waals surface area contributed by atoms with Crippen molar-refractivity contribution in [2.75, 3.05) is 18.8 Å². The summed E-state index contributed by atoms with van der Waals surface area (Å²) in [7, 11) is -3.15. The first kappa shape index (κ1) is 13.5. The molecule has 2 rings (SSSR count). The van der Waals surface area contributed by atoms with E-state index in [2.05, 4.69) is 26.0 Å². The van der Waals surface area contributed by atoms with E-state index >= 15 is 0 Å². The fourth-order valence-electron chi connectivity index (χ4n) is 1.85. The molecule has 96 valence electrons. The van der Waals surface area contributed by atoms with Crippen molar-refractivity contribution in [3.8, 4) is 0 Å². The zero-order valence-corrected chi connectivity index (χ0v) is 12.5. The largest absolute Gasteiger partial charge is 0.316 e. The average Bonchev–Trinajstić information content (AvgIpc) is 2.86. The first-order valence-electron chi connectivity index (χ1n) is 5.47. The predicted octanol–water partition coefficient (Wildman–Crippen LogP) is 1.54. The zero-order valence-electron chi connectivity index (χ0n) is 9.28. The highest BCUT2D eigenvalue weighted by atomic mass is 79.9. The highest BCUT2D eigenvalue weighted by Gasteiger charge is 2.21. The Morgan fingerprint density at radius 3 is 2.94 bits per heavy atom. The Kier molecular flexibility index (Phi) is 4.59. The number of hydrogen-bond acceptors (Lipinski definition) is 4. The lowest BCUT2D eigenvalue weighted by Gasteiger charge is -2.09. The van der Waals surface area contributed by atoms with E-state index in [4.69, 9.17) is 0 Å². The van der Waals surface area contributed by atoms with E-state index < -0.39 is 10.0 Å². The molecule has 1 atom stereocenters. The number of sulfonamides is 1. The molecule has 2 heterocycles. The Hall–Kier alpha value is 0.0500. The molecular weight excluding hydrogens is 324 g/mol. The molecule has 17 heavy (non-hydrogen) atoms. The predicted molar refractivity (Wildman–Crippen MR) is 73.6 cm³/mol. The summed E-state index contributed by atoms with van der Waals surface area (Å²) in [5.41, 5.74) is 0. The molecule has 1 aliphatic heterocycles. The van der Waals surface area contributed by atoms with Gasteiger partial charge in [-0.05, 0) is 53.5 Å². The topological polar surface area (TPSA) is 58.2 Å². The normalized spacial score (nSPS) is 20.9. The zero-order chi connectivity index (χ0) is 12.3. The van der Waals surface area contributed by atoms with Gasteiger partial charge in [0.15, 0.2) is 0 Å². The second kappa shape index (κ2) is 5.79. The smallest absolute Gasteiger partial charge is 0.212 e. The Balaban J connectivity index is 1.84. The van der Waals surface area contributed by atoms with Crippen molar-refractivity contribution in [3.63, 3.8) is 0 Å². The minimum Gasteiger partial charge on any atom is -0.316 e. The van der Waals surface area contributed by atoms with Gasteiger partial charge in [0.05, 0.1) is 9.54 Å². The van der Waals surface area contributed by atoms with Crippen LogP contribution in [0.4, 0.5) is 0 Å². The highest BCUT2D eigenvalue weighted by Crippen LogP contribution is 2.22. The van der Waals surface area contributed by atoms with Gasteiger partial charge in [0.1, 0.15) is 0 Å². The number of nitrogens with one attached hydrogen (secondary N) is 2. The van der Waals surface area contributed by atoms with Gasteiger partial charge in [-0.2, -0.15) is 0 Å². The van der Waals surface area contributed by atoms with Gasteiger partial charge in [0.2, 0.25) is 10.0 Å². The van der Waals surface area contributed by atoms with Crippen molar-refractivity contribution in [2.24, 2.45) is 5.92 Å². The molecule has 1 aliphatic rings. The van der Waals surface area contributed by atoms with E-state index in [-0.39, 0.29) is 11.7 Å². The fraction of sp³-hybridized carbons (Fsp3) is 0.600. The van der Waals surface area contributed by atoms with Crippen LogP contribution < -0.4 is 10.0 Å². The molecule has 0 amide bonds. The summed E-state index contributed by atoms with van der Waals surface area (Å²) in [6, 6.07) is 3.85. The maximum absolute atomic E-state index is 11.8. The molecule has 1 saturated heterocycles. The molecule has 1 fully saturated rings. The van der Waals surface area contributed by atoms with Crippen molar-refractivity contribution in [1.29, 1.82) is 0 Å². The third-order valence-electron chi connectivity index (χ3n) is 2.71. The van der Waals surface area contributed by atoms with Gasteiger partial charge in [0.25, 0.3) is 0 Å². The van der Waals surface area contributed by atoms with E-state index in [1.807, 2.05) is 12.1 Å². The molecule has 1 aromatic rings. The standard InChI is InChI=1S/C10H15BrN2O2S2/c11-10-2-1-9(16-10)6-13-17(14,15)7-8-3-4-12-5-8/h1-2,8,12-13H,3-7H2. The van der Waals surface area contributed by atoms with Gasteiger partial charge in [-0.1, -0.05) is 0 Å². The van der Waals surface area contributed by atoms with Crippen molar-refractivity contribution in [1.82, 2.24) is 10.0 Å². The Labute approximate surface area is 114 Å². The minimum atomic E-state index is -3.15. The quantitative estimate of drug-likeness (QED) is 0.856. The van der Waals surface area contributed by atoms with Crippen LogP contribution in [-0.4, -0.2) is 27.3 Å². The van der Waals surface area contributed by atoms with Crippen LogP contribution in [0.15, 0.2) is 15.9 Å². The summed E-state index contributed by atoms with van der Waals surface area (Å²) >= 11 is 4.91. The lowest BCUT2D eigenvalue weighted by Crippen LogP contribution is -2.30. The molecule has 1 aromatic heterocycles. The van der Waals surface area contributed by atoms with Crippen LogP contribution in [0.25, 0.3) is 0 Å². The Morgan fingerprint density at radius 2 is 2.35 bits per heavy atom. The lowest BCUT2D eigenvalue weighted by atomic mass is 10.2. The van der Waals surface area contributed by atoms with Gasteiger partial charge < -0.3 is 5.32 Å². The molecule has 0 aliphatic carbocycles. The molecule has 0 saturated carbocycles. The van der Waals surface area contributed by atoms with Crippen LogP contribution in [0, 0.1) is 5.92 Å². The highest BCUT2D eigenvalue weighted by molar-refractivity contribution is 9.11. The van der Waals surface area contributed by atoms with Crippen LogP contribution >= 0.6 is 27.3 Å². The first-order valence-corrected chi connectivity index (χ1v) is 8.73. The van der Waals surface area contributed by atoms with Crippen molar-refractivity contribution in [2.45, 2.75) is 13.0 Å². The average molecular weight is 339 g/mol. The lowest BCUT2D eigenvalue weighted by molar-refractivity contribution is 0.558. The van der Waals surface area contributed by atoms with E-state index in [9.17, 15) is 8.42 Å². The summed E-state index contributed by atoms with van der Waals surface area (Å²) in [4.78, 5) is 1.02. The third kappa shape index (κ3) is 4.33. The summed E-state index contributed by atoms with van der Waals surface area (Å²) < 4.78 is 27.3. The first-order chi connectivity index (χ1) is 8.05. The summed E-state index contributed by atoms with van der Waals surface area (Å²) in [6.45, 7) is 2.13. The maximum atomic E-state index is 11.8. The van der Waals surface area contributed by atoms with Crippen LogP contribution in [0.3, 0.4) is 0 Å². The molecule has 4 nitrogen and oxygen atoms in total. The van der Waals surface area contributed by atoms with E-state index in [0.29, 0.717) is 6.54 Å². The van der Waals surface area contributed by atoms with Crippen molar-refractivity contribution in [3.05, 3.63) is 20.8 Å². The summed E-state index contributed by atoms with van der Waals surface area (Å²) in [6.07, 6.45) is 0.950. The molecule has 0 bridgehead atoms. The maximum Gasteiger partial charge on any atom is 0.212 e. The van der Waals surface area contributed by atoms with E-state index in [1.54, 1.807) is 11.3 Å². The molecule has 0 spiro atoms. The molecule has 0 aromatic carbocycles. The molecule has 7 heteroatoms. The molecular formula is C10H15BrN2O2S2. The van der Waals surface area contributed by atoms with Crippen LogP contribution in [0.5, 0.6) is 0 Å². The number of rotatable bonds is 5. The van der Waals surface area contributed by atoms with Crippen LogP contribution in [-0.2, 0) is 16.6 Å². The minimum absolute atomic E-state index is 0.229. The Bertz CT molecular complexity index is 466. The van der Waals surface area contributed by atoms with Gasteiger partial charge in [0, 0.05) is 11.4 Å². The second-order valence-corrected chi connectivity index (χ2v) is 8.57. The van der Waals surface area contributed by atoms with Gasteiger partial charge in [-0.15, -0.1) is 11.3 Å². The van der Waals surface area contributed by atoms with Crippen molar-refractivity contribution < 1.29 is 8.42 Å². The SMILES string of the molecule is O=S(=O)(CC1CCNC1)NCc1ccc(Br)s1. The van der Waals surface area contributed by atoms with E-state index in [0.717, 1.165) is 28.2 Å². The van der Waals surface area contributed by atoms with Gasteiger partial charge in [-0.3, -0.25) is 0 Å². The molecule has 1 unspecified atom stereocenters. The Morgan fingerprint density at radius 1 is 1.53 bits per heavy atom. The molecule has 0 radical (unpaired) electrons. The summed E-state index contributed by atoms with van der Waals surface area (Å²) in [5.74, 6) is 0.481. The number of thiophene rings is 1. The monoisotopic (exact) mass is 338 g/mol. The van der Waals surface area contributed by atoms with Crippen LogP contribution in [0.2, 0.25) is 0 Å². The van der Waals surface area contributed by atoms with E-state index in [1.165, 1.54) is 0 Å². The number of halogens is 1. The fourth-order valence-corrected chi connectivity index (χ4v) is 4.77. The second-order valence-electron chi connectivity index (χ2n) is 4.17. The van der Waals surface area contributed by atoms with Gasteiger partial charge in [-0.25, -0.2) is 13.1 Å². The molecule has 2 N–H and O–H groups in total. The van der Waals surface area contributed by atoms with Gasteiger partial charge >= 0.3 is 0 Å². The third-order valence-corrected chi connectivity index (χ3v) is 5.83. The summed E-state index contributed by atoms with van der Waals surface area (Å²) in [5, 5.41) is 3.18. The number of hydrogen-bond donors (Lipinski definition) is 2.